The molecule has 25 heavy (non-hydrogen) atoms. The van der Waals surface area contributed by atoms with Gasteiger partial charge in [-0.1, -0.05) is 6.92 Å². The second-order valence-corrected chi connectivity index (χ2v) is 5.15. The highest BCUT2D eigenvalue weighted by Gasteiger charge is 2.15. The predicted octanol–water partition coefficient (Wildman–Crippen LogP) is 1.62. The lowest BCUT2D eigenvalue weighted by molar-refractivity contribution is -0.141. The molecular formula is C13H13F2N7O3. The van der Waals surface area contributed by atoms with Crippen LogP contribution in [0.15, 0.2) is 18.5 Å². The maximum atomic E-state index is 12.1. The van der Waals surface area contributed by atoms with Gasteiger partial charge in [0.1, 0.15) is 11.3 Å². The molecule has 0 amide bonds. The van der Waals surface area contributed by atoms with Gasteiger partial charge in [0.25, 0.3) is 0 Å². The Hall–Kier alpha value is -3.31. The van der Waals surface area contributed by atoms with Crippen molar-refractivity contribution in [3.05, 3.63) is 18.5 Å². The zero-order valence-corrected chi connectivity index (χ0v) is 12.8. The lowest BCUT2D eigenvalue weighted by Gasteiger charge is -2.07. The first-order valence-corrected chi connectivity index (χ1v) is 7.11. The minimum Gasteiger partial charge on any atom is -0.481 e. The number of aliphatic carboxylic acids is 1. The van der Waals surface area contributed by atoms with E-state index in [1.807, 2.05) is 0 Å². The Kier molecular flexibility index (Phi) is 4.41. The Morgan fingerprint density at radius 3 is 3.00 bits per heavy atom. The molecule has 0 fully saturated rings. The van der Waals surface area contributed by atoms with Gasteiger partial charge in [-0.05, 0) is 0 Å². The van der Waals surface area contributed by atoms with Gasteiger partial charge in [0.15, 0.2) is 11.5 Å². The van der Waals surface area contributed by atoms with Crippen molar-refractivity contribution in [1.29, 1.82) is 0 Å². The SMILES string of the molecule is C[C@H](Cn1ncc2ncc(Nc3cc(OC(F)F)n[nH]3)nc21)C(=O)O. The van der Waals surface area contributed by atoms with E-state index in [0.29, 0.717) is 17.0 Å². The molecule has 132 valence electrons. The number of aromatic nitrogens is 6. The van der Waals surface area contributed by atoms with Crippen molar-refractivity contribution in [2.75, 3.05) is 5.32 Å². The summed E-state index contributed by atoms with van der Waals surface area (Å²) in [6, 6.07) is 1.24. The maximum Gasteiger partial charge on any atom is 0.388 e. The zero-order chi connectivity index (χ0) is 18.0. The standard InChI is InChI=1S/C13H13F2N7O3/c1-6(12(23)24)5-22-11-7(3-17-22)16-4-9(19-11)18-8-2-10(21-20-8)25-13(14)15/h2-4,6,13H,5H2,1H3,(H,23,24)(H2,18,19,20,21)/t6-/m1/s1. The number of rotatable bonds is 7. The van der Waals surface area contributed by atoms with E-state index in [9.17, 15) is 13.6 Å². The number of carboxylic acid groups (broad SMARTS) is 1. The van der Waals surface area contributed by atoms with E-state index in [2.05, 4.69) is 35.3 Å². The van der Waals surface area contributed by atoms with E-state index in [-0.39, 0.29) is 18.2 Å². The van der Waals surface area contributed by atoms with Gasteiger partial charge in [-0.2, -0.15) is 13.9 Å². The maximum absolute atomic E-state index is 12.1. The average molecular weight is 353 g/mol. The summed E-state index contributed by atoms with van der Waals surface area (Å²) in [5, 5.41) is 21.9. The number of aromatic amines is 1. The highest BCUT2D eigenvalue weighted by Crippen LogP contribution is 2.20. The second-order valence-electron chi connectivity index (χ2n) is 5.15. The van der Waals surface area contributed by atoms with Crippen LogP contribution in [-0.2, 0) is 11.3 Å². The normalized spacial score (nSPS) is 12.5. The number of hydrogen-bond donors (Lipinski definition) is 3. The minimum atomic E-state index is -2.97. The van der Waals surface area contributed by atoms with Crippen LogP contribution in [0.2, 0.25) is 0 Å². The molecule has 3 heterocycles. The summed E-state index contributed by atoms with van der Waals surface area (Å²) in [6.45, 7) is -1.29. The molecule has 0 unspecified atom stereocenters. The summed E-state index contributed by atoms with van der Waals surface area (Å²) in [6.07, 6.45) is 2.90. The number of ether oxygens (including phenoxy) is 1. The number of nitrogens with zero attached hydrogens (tertiary/aromatic N) is 5. The molecule has 0 aliphatic rings. The Balaban J connectivity index is 1.80. The van der Waals surface area contributed by atoms with Gasteiger partial charge in [0.05, 0.1) is 24.9 Å². The van der Waals surface area contributed by atoms with Crippen molar-refractivity contribution in [3.8, 4) is 5.88 Å². The number of fused-ring (bicyclic) bond motifs is 1. The largest absolute Gasteiger partial charge is 0.481 e. The molecule has 0 saturated carbocycles. The molecular weight excluding hydrogens is 340 g/mol. The van der Waals surface area contributed by atoms with Gasteiger partial charge in [-0.15, -0.1) is 5.10 Å². The number of nitrogens with one attached hydrogen (secondary N) is 2. The summed E-state index contributed by atoms with van der Waals surface area (Å²) >= 11 is 0. The first-order chi connectivity index (χ1) is 11.9. The van der Waals surface area contributed by atoms with Crippen molar-refractivity contribution in [2.24, 2.45) is 5.92 Å². The van der Waals surface area contributed by atoms with Crippen molar-refractivity contribution in [2.45, 2.75) is 20.1 Å². The third kappa shape index (κ3) is 3.79. The summed E-state index contributed by atoms with van der Waals surface area (Å²) < 4.78 is 29.9. The van der Waals surface area contributed by atoms with Gasteiger partial charge in [0, 0.05) is 6.07 Å². The molecule has 0 spiro atoms. The van der Waals surface area contributed by atoms with E-state index in [0.717, 1.165) is 0 Å². The van der Waals surface area contributed by atoms with Crippen LogP contribution < -0.4 is 10.1 Å². The second kappa shape index (κ2) is 6.67. The number of anilines is 2. The third-order valence-corrected chi connectivity index (χ3v) is 3.24. The first-order valence-electron chi connectivity index (χ1n) is 7.11. The fourth-order valence-corrected chi connectivity index (χ4v) is 2.04. The number of alkyl halides is 2. The number of halogens is 2. The molecule has 12 heteroatoms. The van der Waals surface area contributed by atoms with E-state index in [1.54, 1.807) is 6.92 Å². The lowest BCUT2D eigenvalue weighted by atomic mass is 10.2. The third-order valence-electron chi connectivity index (χ3n) is 3.24. The lowest BCUT2D eigenvalue weighted by Crippen LogP contribution is -2.17. The van der Waals surface area contributed by atoms with Crippen LogP contribution >= 0.6 is 0 Å². The monoisotopic (exact) mass is 353 g/mol. The number of carboxylic acids is 1. The molecule has 1 atom stereocenters. The Bertz CT molecular complexity index is 895. The van der Waals surface area contributed by atoms with Crippen LogP contribution in [0.25, 0.3) is 11.2 Å². The Labute approximate surface area is 138 Å². The molecule has 3 rings (SSSR count). The highest BCUT2D eigenvalue weighted by atomic mass is 19.3. The fourth-order valence-electron chi connectivity index (χ4n) is 2.04. The summed E-state index contributed by atoms with van der Waals surface area (Å²) in [7, 11) is 0. The van der Waals surface area contributed by atoms with Gasteiger partial charge in [-0.3, -0.25) is 9.89 Å². The smallest absolute Gasteiger partial charge is 0.388 e. The summed E-state index contributed by atoms with van der Waals surface area (Å²) in [4.78, 5) is 19.5. The molecule has 10 nitrogen and oxygen atoms in total. The van der Waals surface area contributed by atoms with Gasteiger partial charge in [0.2, 0.25) is 5.88 Å². The highest BCUT2D eigenvalue weighted by molar-refractivity contribution is 5.73. The van der Waals surface area contributed by atoms with Crippen molar-refractivity contribution >= 4 is 28.8 Å². The molecule has 3 aromatic rings. The zero-order valence-electron chi connectivity index (χ0n) is 12.8. The van der Waals surface area contributed by atoms with Gasteiger partial charge >= 0.3 is 12.6 Å². The number of carbonyl (C=O) groups is 1. The number of H-pyrrole nitrogens is 1. The molecule has 3 aromatic heterocycles. The van der Waals surface area contributed by atoms with Crippen molar-refractivity contribution in [1.82, 2.24) is 29.9 Å². The van der Waals surface area contributed by atoms with Crippen LogP contribution in [0.5, 0.6) is 5.88 Å². The Morgan fingerprint density at radius 1 is 1.48 bits per heavy atom. The molecule has 0 aliphatic carbocycles. The topological polar surface area (TPSA) is 131 Å². The fraction of sp³-hybridized carbons (Fsp3) is 0.308. The quantitative estimate of drug-likeness (QED) is 0.584. The van der Waals surface area contributed by atoms with Gasteiger partial charge in [-0.25, -0.2) is 14.6 Å². The molecule has 0 aromatic carbocycles. The Morgan fingerprint density at radius 2 is 2.28 bits per heavy atom. The molecule has 3 N–H and O–H groups in total. The van der Waals surface area contributed by atoms with E-state index >= 15 is 0 Å². The van der Waals surface area contributed by atoms with Crippen molar-refractivity contribution < 1.29 is 23.4 Å². The summed E-state index contributed by atoms with van der Waals surface area (Å²) in [5.74, 6) is -1.30. The van der Waals surface area contributed by atoms with Gasteiger partial charge < -0.3 is 15.2 Å². The van der Waals surface area contributed by atoms with Crippen LogP contribution in [0.4, 0.5) is 20.4 Å². The summed E-state index contributed by atoms with van der Waals surface area (Å²) in [5.41, 5.74) is 0.885. The van der Waals surface area contributed by atoms with Crippen LogP contribution in [0.1, 0.15) is 6.92 Å². The molecule has 0 saturated heterocycles. The predicted molar refractivity (Wildman–Crippen MR) is 80.6 cm³/mol. The van der Waals surface area contributed by atoms with E-state index < -0.39 is 18.5 Å². The van der Waals surface area contributed by atoms with Crippen LogP contribution in [0.3, 0.4) is 0 Å². The molecule has 0 bridgehead atoms. The van der Waals surface area contributed by atoms with Crippen molar-refractivity contribution in [3.63, 3.8) is 0 Å². The van der Waals surface area contributed by atoms with Crippen LogP contribution in [-0.4, -0.2) is 47.6 Å². The van der Waals surface area contributed by atoms with E-state index in [4.69, 9.17) is 5.11 Å². The first kappa shape index (κ1) is 16.5. The molecule has 0 radical (unpaired) electrons. The molecule has 0 aliphatic heterocycles. The van der Waals surface area contributed by atoms with E-state index in [1.165, 1.54) is 23.1 Å². The minimum absolute atomic E-state index is 0.132. The van der Waals surface area contributed by atoms with Crippen LogP contribution in [0, 0.1) is 5.92 Å². The number of hydrogen-bond acceptors (Lipinski definition) is 7. The average Bonchev–Trinajstić information content (AvgIpc) is 3.14.